The highest BCUT2D eigenvalue weighted by atomic mass is 32.3. The molecule has 18 heavy (non-hydrogen) atoms. The van der Waals surface area contributed by atoms with Crippen molar-refractivity contribution in [1.29, 1.82) is 0 Å². The third kappa shape index (κ3) is 2.33. The third-order valence-electron chi connectivity index (χ3n) is 1.98. The van der Waals surface area contributed by atoms with Crippen LogP contribution in [0.1, 0.15) is 0 Å². The molecule has 0 bridgehead atoms. The topological polar surface area (TPSA) is 120 Å². The van der Waals surface area contributed by atoms with Gasteiger partial charge in [-0.25, -0.2) is 0 Å². The van der Waals surface area contributed by atoms with Crippen LogP contribution in [0.5, 0.6) is 5.75 Å². The van der Waals surface area contributed by atoms with E-state index in [1.54, 1.807) is 0 Å². The van der Waals surface area contributed by atoms with E-state index in [-0.39, 0.29) is 17.1 Å². The number of anilines is 1. The molecular formula is C7H7N3O7S. The summed E-state index contributed by atoms with van der Waals surface area (Å²) in [7, 11) is -2.90. The van der Waals surface area contributed by atoms with Crippen molar-refractivity contribution in [3.63, 3.8) is 0 Å². The van der Waals surface area contributed by atoms with Gasteiger partial charge in [0.15, 0.2) is 0 Å². The van der Waals surface area contributed by atoms with Crippen LogP contribution in [0.3, 0.4) is 0 Å². The van der Waals surface area contributed by atoms with E-state index in [9.17, 15) is 18.5 Å². The summed E-state index contributed by atoms with van der Waals surface area (Å²) in [6.45, 7) is 0. The summed E-state index contributed by atoms with van der Waals surface area (Å²) in [6, 6.07) is 3.56. The molecule has 98 valence electrons. The van der Waals surface area contributed by atoms with Crippen molar-refractivity contribution in [2.45, 2.75) is 0 Å². The van der Waals surface area contributed by atoms with E-state index in [0.29, 0.717) is 5.17 Å². The van der Waals surface area contributed by atoms with E-state index in [4.69, 9.17) is 4.74 Å². The van der Waals surface area contributed by atoms with Gasteiger partial charge >= 0.3 is 10.4 Å². The van der Waals surface area contributed by atoms with Crippen molar-refractivity contribution in [2.75, 3.05) is 12.3 Å². The molecule has 1 aliphatic rings. The molecule has 0 saturated carbocycles. The van der Waals surface area contributed by atoms with Crippen LogP contribution < -0.4 is 15.5 Å². The Kier molecular flexibility index (Phi) is 3.04. The highest BCUT2D eigenvalue weighted by Gasteiger charge is 2.31. The van der Waals surface area contributed by atoms with Gasteiger partial charge in [0.05, 0.1) is 12.0 Å². The van der Waals surface area contributed by atoms with Crippen molar-refractivity contribution < 1.29 is 26.6 Å². The van der Waals surface area contributed by atoms with Gasteiger partial charge in [-0.05, 0) is 6.07 Å². The second-order valence-corrected chi connectivity index (χ2v) is 4.20. The monoisotopic (exact) mass is 277 g/mol. The molecule has 0 aliphatic carbocycles. The molecule has 1 N–H and O–H groups in total. The zero-order valence-electron chi connectivity index (χ0n) is 8.89. The smallest absolute Gasteiger partial charge is 0.440 e. The lowest BCUT2D eigenvalue weighted by atomic mass is 10.2. The molecule has 0 aromatic heterocycles. The Balaban J connectivity index is 2.42. The maximum absolute atomic E-state index is 10.9. The van der Waals surface area contributed by atoms with Gasteiger partial charge in [0, 0.05) is 12.1 Å². The lowest BCUT2D eigenvalue weighted by Gasteiger charge is -2.14. The molecule has 1 fully saturated rings. The normalized spacial score (nSPS) is 17.7. The quantitative estimate of drug-likeness (QED) is 0.602. The molecule has 2 rings (SSSR count). The Morgan fingerprint density at radius 2 is 2.22 bits per heavy atom. The molecule has 1 saturated heterocycles. The number of methoxy groups -OCH3 is 1. The van der Waals surface area contributed by atoms with Crippen molar-refractivity contribution in [3.8, 4) is 5.75 Å². The van der Waals surface area contributed by atoms with E-state index < -0.39 is 15.3 Å². The molecule has 11 heteroatoms. The molecule has 0 unspecified atom stereocenters. The lowest BCUT2D eigenvalue weighted by Crippen LogP contribution is -2.28. The molecule has 1 aromatic carbocycles. The number of benzene rings is 1. The van der Waals surface area contributed by atoms with Gasteiger partial charge in [0.25, 0.3) is 5.69 Å². The summed E-state index contributed by atoms with van der Waals surface area (Å²) in [5, 5.41) is 11.2. The average molecular weight is 277 g/mol. The largest absolute Gasteiger partial charge is 0.494 e. The third-order valence-corrected chi connectivity index (χ3v) is 2.59. The highest BCUT2D eigenvalue weighted by molar-refractivity contribution is 7.82. The van der Waals surface area contributed by atoms with Gasteiger partial charge in [-0.1, -0.05) is 5.59 Å². The zero-order chi connectivity index (χ0) is 13.3. The molecule has 1 aliphatic heterocycles. The minimum Gasteiger partial charge on any atom is -0.494 e. The average Bonchev–Trinajstić information content (AvgIpc) is 2.68. The summed E-state index contributed by atoms with van der Waals surface area (Å²) < 4.78 is 35.2. The second kappa shape index (κ2) is 4.38. The maximum Gasteiger partial charge on any atom is 0.440 e. The Labute approximate surface area is 101 Å². The number of hydrazine groups is 1. The highest BCUT2D eigenvalue weighted by Crippen LogP contribution is 2.33. The number of nitrogens with zero attached hydrogens (tertiary/aromatic N) is 2. The Morgan fingerprint density at radius 1 is 1.50 bits per heavy atom. The van der Waals surface area contributed by atoms with E-state index >= 15 is 0 Å². The van der Waals surface area contributed by atoms with Crippen LogP contribution in [0.25, 0.3) is 0 Å². The first-order valence-corrected chi connectivity index (χ1v) is 5.77. The molecule has 1 aromatic rings. The van der Waals surface area contributed by atoms with Crippen LogP contribution in [0, 0.1) is 10.1 Å². The van der Waals surface area contributed by atoms with Crippen molar-refractivity contribution in [2.24, 2.45) is 0 Å². The van der Waals surface area contributed by atoms with Crippen molar-refractivity contribution in [3.05, 3.63) is 28.3 Å². The minimum absolute atomic E-state index is 0.0206. The fourth-order valence-corrected chi connectivity index (χ4v) is 1.72. The molecule has 10 nitrogen and oxygen atoms in total. The number of hydrogen-bond acceptors (Lipinski definition) is 9. The van der Waals surface area contributed by atoms with Gasteiger partial charge < -0.3 is 4.74 Å². The van der Waals surface area contributed by atoms with Gasteiger partial charge in [-0.3, -0.25) is 10.1 Å². The van der Waals surface area contributed by atoms with Gasteiger partial charge in [0.2, 0.25) is 0 Å². The Bertz CT molecular complexity index is 587. The number of ether oxygens (including phenoxy) is 1. The van der Waals surface area contributed by atoms with Crippen LogP contribution >= 0.6 is 0 Å². The lowest BCUT2D eigenvalue weighted by molar-refractivity contribution is -0.384. The summed E-state index contributed by atoms with van der Waals surface area (Å²) in [4.78, 5) is 9.99. The SMILES string of the molecule is COc1ccc([N+](=O)[O-])cc1N1NOS(=O)(=O)O1. The molecule has 1 heterocycles. The van der Waals surface area contributed by atoms with E-state index in [1.807, 2.05) is 5.59 Å². The molecule has 0 atom stereocenters. The number of non-ortho nitro benzene ring substituents is 1. The van der Waals surface area contributed by atoms with Crippen molar-refractivity contribution >= 4 is 21.8 Å². The second-order valence-electron chi connectivity index (χ2n) is 3.07. The van der Waals surface area contributed by atoms with E-state index in [1.165, 1.54) is 19.2 Å². The van der Waals surface area contributed by atoms with Crippen LogP contribution in [0.4, 0.5) is 11.4 Å². The van der Waals surface area contributed by atoms with E-state index in [2.05, 4.69) is 8.57 Å². The summed E-state index contributed by atoms with van der Waals surface area (Å²) in [5.41, 5.74) is 1.64. The molecule has 0 spiro atoms. The first-order chi connectivity index (χ1) is 8.43. The van der Waals surface area contributed by atoms with Gasteiger partial charge in [-0.2, -0.15) is 8.42 Å². The Morgan fingerprint density at radius 3 is 2.72 bits per heavy atom. The number of nitrogens with one attached hydrogen (secondary N) is 1. The fourth-order valence-electron chi connectivity index (χ4n) is 1.24. The first kappa shape index (κ1) is 12.5. The Hall–Kier alpha value is -1.95. The number of rotatable bonds is 3. The summed E-state index contributed by atoms with van der Waals surface area (Å²) in [6.07, 6.45) is 0. The van der Waals surface area contributed by atoms with Gasteiger partial charge in [0.1, 0.15) is 11.4 Å². The fraction of sp³-hybridized carbons (Fsp3) is 0.143. The number of nitro groups is 1. The van der Waals surface area contributed by atoms with Gasteiger partial charge in [-0.15, -0.1) is 13.7 Å². The standard InChI is InChI=1S/C7H7N3O7S/c1-15-7-3-2-5(10(11)12)4-6(7)9-8-16-18(13,14)17-9/h2-4,8H,1H3. The minimum atomic E-state index is -4.21. The summed E-state index contributed by atoms with van der Waals surface area (Å²) >= 11 is 0. The van der Waals surface area contributed by atoms with Crippen LogP contribution in [0.15, 0.2) is 18.2 Å². The predicted molar refractivity (Wildman–Crippen MR) is 56.4 cm³/mol. The maximum atomic E-state index is 10.9. The number of hydrogen-bond donors (Lipinski definition) is 1. The van der Waals surface area contributed by atoms with E-state index in [0.717, 1.165) is 6.07 Å². The van der Waals surface area contributed by atoms with Crippen LogP contribution in [0.2, 0.25) is 0 Å². The molecule has 0 amide bonds. The van der Waals surface area contributed by atoms with Crippen LogP contribution in [-0.2, 0) is 19.0 Å². The number of nitro benzene ring substituents is 1. The predicted octanol–water partition coefficient (Wildman–Crippen LogP) is 0.0360. The molecular weight excluding hydrogens is 270 g/mol. The van der Waals surface area contributed by atoms with Crippen molar-refractivity contribution in [1.82, 2.24) is 5.59 Å². The van der Waals surface area contributed by atoms with Crippen LogP contribution in [-0.4, -0.2) is 20.5 Å². The first-order valence-electron chi connectivity index (χ1n) is 4.44. The molecule has 0 radical (unpaired) electrons. The summed E-state index contributed by atoms with van der Waals surface area (Å²) in [5.74, 6) is 0.161. The zero-order valence-corrected chi connectivity index (χ0v) is 9.71.